The van der Waals surface area contributed by atoms with Crippen LogP contribution in [0.5, 0.6) is 6.01 Å². The van der Waals surface area contributed by atoms with Gasteiger partial charge in [0.1, 0.15) is 0 Å². The molecule has 12 heteroatoms. The average molecular weight is 532 g/mol. The number of nitrogens with zero attached hydrogens (tertiary/aromatic N) is 6. The van der Waals surface area contributed by atoms with Gasteiger partial charge in [-0.05, 0) is 63.9 Å². The van der Waals surface area contributed by atoms with Crippen LogP contribution in [0.25, 0.3) is 11.0 Å². The second kappa shape index (κ2) is 10.8. The number of anilines is 1. The number of benzene rings is 1. The van der Waals surface area contributed by atoms with Crippen LogP contribution in [-0.4, -0.2) is 68.0 Å². The third kappa shape index (κ3) is 5.54. The fraction of sp³-hybridized carbons (Fsp3) is 0.538. The maximum Gasteiger partial charge on any atom is 0.416 e. The molecule has 0 unspecified atom stereocenters. The standard InChI is InChI=1S/C26H32F3N7O2/c1-2-38-25-33-21-13-19(26(27,28)29)3-4-22(21)36(25)20-7-11-35(12-8-20)23(37)18-5-9-34(10-6-18)16-17-14-31-24(30)32-15-17/h3-4,13-15,18,20H,2,5-12,16H2,1H3,(H2,30,31,32). The molecular weight excluding hydrogens is 499 g/mol. The summed E-state index contributed by atoms with van der Waals surface area (Å²) in [5.41, 5.74) is 6.70. The van der Waals surface area contributed by atoms with E-state index >= 15 is 0 Å². The predicted molar refractivity (Wildman–Crippen MR) is 135 cm³/mol. The number of piperidine rings is 2. The summed E-state index contributed by atoms with van der Waals surface area (Å²) in [6.45, 7) is 5.76. The SMILES string of the molecule is CCOc1nc2cc(C(F)(F)F)ccc2n1C1CCN(C(=O)C2CCN(Cc3cnc(N)nc3)CC2)CC1. The molecule has 2 aliphatic heterocycles. The molecular formula is C26H32F3N7O2. The quantitative estimate of drug-likeness (QED) is 0.515. The predicted octanol–water partition coefficient (Wildman–Crippen LogP) is 3.90. The van der Waals surface area contributed by atoms with Gasteiger partial charge in [0.25, 0.3) is 6.01 Å². The van der Waals surface area contributed by atoms with Crippen LogP contribution in [0, 0.1) is 5.92 Å². The minimum Gasteiger partial charge on any atom is -0.465 e. The van der Waals surface area contributed by atoms with Gasteiger partial charge in [-0.1, -0.05) is 0 Å². The van der Waals surface area contributed by atoms with E-state index in [1.165, 1.54) is 6.07 Å². The van der Waals surface area contributed by atoms with Crippen LogP contribution in [-0.2, 0) is 17.5 Å². The summed E-state index contributed by atoms with van der Waals surface area (Å²) < 4.78 is 47.2. The van der Waals surface area contributed by atoms with Crippen molar-refractivity contribution in [3.8, 4) is 6.01 Å². The molecule has 5 rings (SSSR count). The van der Waals surface area contributed by atoms with Crippen LogP contribution in [0.3, 0.4) is 0 Å². The smallest absolute Gasteiger partial charge is 0.416 e. The van der Waals surface area contributed by atoms with E-state index in [1.54, 1.807) is 12.4 Å². The number of aromatic nitrogens is 4. The van der Waals surface area contributed by atoms with Crippen molar-refractivity contribution in [1.82, 2.24) is 29.3 Å². The lowest BCUT2D eigenvalue weighted by molar-refractivity contribution is -0.138. The number of hydrogen-bond acceptors (Lipinski definition) is 7. The Kier molecular flexibility index (Phi) is 7.42. The summed E-state index contributed by atoms with van der Waals surface area (Å²) in [5.74, 6) is 0.446. The highest BCUT2D eigenvalue weighted by molar-refractivity contribution is 5.79. The third-order valence-electron chi connectivity index (χ3n) is 7.47. The zero-order chi connectivity index (χ0) is 26.9. The van der Waals surface area contributed by atoms with E-state index in [9.17, 15) is 18.0 Å². The van der Waals surface area contributed by atoms with E-state index in [-0.39, 0.29) is 29.3 Å². The molecule has 1 aromatic carbocycles. The molecule has 0 aliphatic carbocycles. The number of carbonyl (C=O) groups is 1. The first-order chi connectivity index (χ1) is 18.2. The van der Waals surface area contributed by atoms with E-state index in [1.807, 2.05) is 16.4 Å². The molecule has 2 aromatic heterocycles. The molecule has 1 amide bonds. The Bertz CT molecular complexity index is 1260. The van der Waals surface area contributed by atoms with E-state index in [0.717, 1.165) is 50.2 Å². The largest absolute Gasteiger partial charge is 0.465 e. The number of imidazole rings is 1. The maximum atomic E-state index is 13.3. The van der Waals surface area contributed by atoms with Crippen LogP contribution < -0.4 is 10.5 Å². The fourth-order valence-corrected chi connectivity index (χ4v) is 5.48. The van der Waals surface area contributed by atoms with E-state index in [2.05, 4.69) is 19.9 Å². The molecule has 2 fully saturated rings. The molecule has 4 heterocycles. The molecule has 2 N–H and O–H groups in total. The van der Waals surface area contributed by atoms with Gasteiger partial charge in [0.05, 0.1) is 23.2 Å². The van der Waals surface area contributed by atoms with Crippen molar-refractivity contribution in [3.63, 3.8) is 0 Å². The molecule has 2 aliphatic rings. The minimum absolute atomic E-state index is 0.000631. The first kappa shape index (κ1) is 26.2. The van der Waals surface area contributed by atoms with Crippen molar-refractivity contribution >= 4 is 22.9 Å². The average Bonchev–Trinajstić information content (AvgIpc) is 3.27. The number of halogens is 3. The number of alkyl halides is 3. The van der Waals surface area contributed by atoms with Crippen molar-refractivity contribution in [2.75, 3.05) is 38.5 Å². The van der Waals surface area contributed by atoms with Crippen molar-refractivity contribution in [3.05, 3.63) is 41.7 Å². The summed E-state index contributed by atoms with van der Waals surface area (Å²) >= 11 is 0. The lowest BCUT2D eigenvalue weighted by Crippen LogP contribution is -2.45. The molecule has 2 saturated heterocycles. The Hall–Kier alpha value is -3.41. The highest BCUT2D eigenvalue weighted by Crippen LogP contribution is 2.36. The summed E-state index contributed by atoms with van der Waals surface area (Å²) in [4.78, 5) is 30.0. The first-order valence-corrected chi connectivity index (χ1v) is 13.0. The first-order valence-electron chi connectivity index (χ1n) is 13.0. The lowest BCUT2D eigenvalue weighted by atomic mass is 9.93. The van der Waals surface area contributed by atoms with E-state index in [4.69, 9.17) is 10.5 Å². The molecule has 0 radical (unpaired) electrons. The number of nitrogen functional groups attached to an aromatic ring is 1. The van der Waals surface area contributed by atoms with Crippen molar-refractivity contribution in [2.45, 2.75) is 51.4 Å². The van der Waals surface area contributed by atoms with E-state index < -0.39 is 11.7 Å². The van der Waals surface area contributed by atoms with Crippen molar-refractivity contribution in [1.29, 1.82) is 0 Å². The number of rotatable bonds is 6. The summed E-state index contributed by atoms with van der Waals surface area (Å²) in [5, 5.41) is 0. The molecule has 0 bridgehead atoms. The second-order valence-electron chi connectivity index (χ2n) is 9.96. The van der Waals surface area contributed by atoms with Gasteiger partial charge in [-0.15, -0.1) is 0 Å². The molecule has 38 heavy (non-hydrogen) atoms. The van der Waals surface area contributed by atoms with Gasteiger partial charge in [0.2, 0.25) is 11.9 Å². The number of fused-ring (bicyclic) bond motifs is 1. The Morgan fingerprint density at radius 1 is 1.08 bits per heavy atom. The van der Waals surface area contributed by atoms with Gasteiger partial charge in [0, 0.05) is 49.6 Å². The normalized spacial score (nSPS) is 18.3. The Morgan fingerprint density at radius 3 is 2.39 bits per heavy atom. The number of amides is 1. The van der Waals surface area contributed by atoms with Gasteiger partial charge in [-0.2, -0.15) is 18.2 Å². The van der Waals surface area contributed by atoms with Gasteiger partial charge in [-0.25, -0.2) is 9.97 Å². The van der Waals surface area contributed by atoms with Crippen LogP contribution in [0.2, 0.25) is 0 Å². The summed E-state index contributed by atoms with van der Waals surface area (Å²) in [7, 11) is 0. The van der Waals surface area contributed by atoms with Gasteiger partial charge in [0.15, 0.2) is 0 Å². The zero-order valence-corrected chi connectivity index (χ0v) is 21.3. The highest BCUT2D eigenvalue weighted by Gasteiger charge is 2.34. The Morgan fingerprint density at radius 2 is 1.76 bits per heavy atom. The van der Waals surface area contributed by atoms with Crippen molar-refractivity contribution in [2.24, 2.45) is 5.92 Å². The molecule has 3 aromatic rings. The number of hydrogen-bond donors (Lipinski definition) is 1. The van der Waals surface area contributed by atoms with Gasteiger partial charge < -0.3 is 15.4 Å². The zero-order valence-electron chi connectivity index (χ0n) is 21.3. The van der Waals surface area contributed by atoms with E-state index in [0.29, 0.717) is 44.1 Å². The van der Waals surface area contributed by atoms with Gasteiger partial charge >= 0.3 is 6.18 Å². The molecule has 0 saturated carbocycles. The Labute approximate surface area is 218 Å². The van der Waals surface area contributed by atoms with Crippen LogP contribution in [0.1, 0.15) is 49.8 Å². The number of carbonyl (C=O) groups excluding carboxylic acids is 1. The highest BCUT2D eigenvalue weighted by atomic mass is 19.4. The lowest BCUT2D eigenvalue weighted by Gasteiger charge is -2.37. The summed E-state index contributed by atoms with van der Waals surface area (Å²) in [6.07, 6.45) is 2.02. The topological polar surface area (TPSA) is 102 Å². The fourth-order valence-electron chi connectivity index (χ4n) is 5.48. The molecule has 0 atom stereocenters. The van der Waals surface area contributed by atoms with Crippen molar-refractivity contribution < 1.29 is 22.7 Å². The van der Waals surface area contributed by atoms with Crippen LogP contribution in [0.15, 0.2) is 30.6 Å². The van der Waals surface area contributed by atoms with Gasteiger partial charge in [-0.3, -0.25) is 14.3 Å². The molecule has 204 valence electrons. The maximum absolute atomic E-state index is 13.3. The van der Waals surface area contributed by atoms with Crippen LogP contribution in [0.4, 0.5) is 19.1 Å². The number of nitrogens with two attached hydrogens (primary N) is 1. The molecule has 9 nitrogen and oxygen atoms in total. The number of likely N-dealkylation sites (tertiary alicyclic amines) is 2. The summed E-state index contributed by atoms with van der Waals surface area (Å²) in [6, 6.07) is 3.94. The number of ether oxygens (including phenoxy) is 1. The monoisotopic (exact) mass is 531 g/mol. The second-order valence-corrected chi connectivity index (χ2v) is 9.96. The van der Waals surface area contributed by atoms with Crippen LogP contribution >= 0.6 is 0 Å². The minimum atomic E-state index is -4.43. The Balaban J connectivity index is 1.20. The molecule has 0 spiro atoms. The third-order valence-corrected chi connectivity index (χ3v) is 7.47.